The van der Waals surface area contributed by atoms with E-state index in [1.165, 1.54) is 13.1 Å². The molecule has 5 heteroatoms. The van der Waals surface area contributed by atoms with E-state index in [9.17, 15) is 8.78 Å². The fraction of sp³-hybridized carbons (Fsp3) is 0.375. The zero-order valence-corrected chi connectivity index (χ0v) is 7.72. The van der Waals surface area contributed by atoms with Crippen LogP contribution in [0.4, 0.5) is 14.6 Å². The van der Waals surface area contributed by atoms with E-state index < -0.39 is 12.5 Å². The quantitative estimate of drug-likeness (QED) is 0.823. The van der Waals surface area contributed by atoms with Gasteiger partial charge in [-0.2, -0.15) is 0 Å². The molecule has 13 heavy (non-hydrogen) atoms. The Morgan fingerprint density at radius 1 is 1.54 bits per heavy atom. The highest BCUT2D eigenvalue weighted by molar-refractivity contribution is 6.32. The number of anilines is 1. The summed E-state index contributed by atoms with van der Waals surface area (Å²) in [6.45, 7) is 1.37. The van der Waals surface area contributed by atoms with Crippen LogP contribution >= 0.6 is 11.6 Å². The second-order valence-corrected chi connectivity index (χ2v) is 3.01. The molecule has 0 amide bonds. The minimum atomic E-state index is -2.43. The third-order valence-corrected chi connectivity index (χ3v) is 1.81. The minimum Gasteiger partial charge on any atom is -0.361 e. The van der Waals surface area contributed by atoms with Crippen molar-refractivity contribution in [2.45, 2.75) is 19.4 Å². The van der Waals surface area contributed by atoms with Gasteiger partial charge in [-0.1, -0.05) is 11.6 Å². The van der Waals surface area contributed by atoms with Crippen molar-refractivity contribution in [1.29, 1.82) is 0 Å². The Balaban J connectivity index is 2.69. The van der Waals surface area contributed by atoms with Crippen molar-refractivity contribution in [3.63, 3.8) is 0 Å². The molecule has 0 spiro atoms. The Morgan fingerprint density at radius 3 is 2.77 bits per heavy atom. The smallest absolute Gasteiger partial charge is 0.258 e. The fourth-order valence-corrected chi connectivity index (χ4v) is 0.947. The summed E-state index contributed by atoms with van der Waals surface area (Å²) < 4.78 is 24.2. The van der Waals surface area contributed by atoms with Crippen LogP contribution < -0.4 is 5.32 Å². The van der Waals surface area contributed by atoms with E-state index >= 15 is 0 Å². The van der Waals surface area contributed by atoms with E-state index in [0.717, 1.165) is 0 Å². The Hall–Kier alpha value is -0.900. The van der Waals surface area contributed by atoms with Crippen LogP contribution in [-0.2, 0) is 0 Å². The lowest BCUT2D eigenvalue weighted by Gasteiger charge is -2.13. The van der Waals surface area contributed by atoms with Gasteiger partial charge in [0.25, 0.3) is 6.43 Å². The lowest BCUT2D eigenvalue weighted by atomic mass is 10.3. The Kier molecular flexibility index (Phi) is 3.42. The van der Waals surface area contributed by atoms with Gasteiger partial charge in [0, 0.05) is 6.20 Å². The highest BCUT2D eigenvalue weighted by Gasteiger charge is 2.15. The van der Waals surface area contributed by atoms with Crippen LogP contribution in [-0.4, -0.2) is 17.5 Å². The zero-order valence-electron chi connectivity index (χ0n) is 6.97. The van der Waals surface area contributed by atoms with Crippen molar-refractivity contribution in [3.8, 4) is 0 Å². The van der Waals surface area contributed by atoms with Gasteiger partial charge in [0.15, 0.2) is 0 Å². The fourth-order valence-electron chi connectivity index (χ4n) is 0.771. The van der Waals surface area contributed by atoms with Gasteiger partial charge in [0.2, 0.25) is 0 Å². The van der Waals surface area contributed by atoms with Crippen molar-refractivity contribution in [2.24, 2.45) is 0 Å². The summed E-state index contributed by atoms with van der Waals surface area (Å²) >= 11 is 5.70. The number of nitrogens with one attached hydrogen (secondary N) is 1. The molecular weight excluding hydrogens is 198 g/mol. The Labute approximate surface area is 79.9 Å². The molecular formula is C8H9ClF2N2. The number of halogens is 3. The summed E-state index contributed by atoms with van der Waals surface area (Å²) in [6, 6.07) is 2.28. The van der Waals surface area contributed by atoms with Gasteiger partial charge in [-0.15, -0.1) is 0 Å². The van der Waals surface area contributed by atoms with E-state index in [0.29, 0.717) is 5.02 Å². The second-order valence-electron chi connectivity index (χ2n) is 2.60. The van der Waals surface area contributed by atoms with Gasteiger partial charge in [0.1, 0.15) is 5.82 Å². The number of aromatic nitrogens is 1. The molecule has 2 nitrogen and oxygen atoms in total. The van der Waals surface area contributed by atoms with Gasteiger partial charge in [-0.25, -0.2) is 13.8 Å². The van der Waals surface area contributed by atoms with Crippen LogP contribution in [0, 0.1) is 0 Å². The molecule has 0 radical (unpaired) electrons. The number of hydrogen-bond acceptors (Lipinski definition) is 2. The third-order valence-electron chi connectivity index (χ3n) is 1.50. The molecule has 0 aliphatic heterocycles. The lowest BCUT2D eigenvalue weighted by Crippen LogP contribution is -2.24. The minimum absolute atomic E-state index is 0.289. The molecule has 1 aromatic heterocycles. The predicted octanol–water partition coefficient (Wildman–Crippen LogP) is 2.80. The summed E-state index contributed by atoms with van der Waals surface area (Å²) in [6.07, 6.45) is -0.940. The molecule has 0 bridgehead atoms. The van der Waals surface area contributed by atoms with E-state index in [1.807, 2.05) is 0 Å². The van der Waals surface area contributed by atoms with Crippen LogP contribution in [0.25, 0.3) is 0 Å². The monoisotopic (exact) mass is 206 g/mol. The van der Waals surface area contributed by atoms with E-state index in [1.54, 1.807) is 12.1 Å². The van der Waals surface area contributed by atoms with Crippen LogP contribution in [0.5, 0.6) is 0 Å². The van der Waals surface area contributed by atoms with Crippen molar-refractivity contribution in [2.75, 3.05) is 5.32 Å². The Bertz CT molecular complexity index is 281. The van der Waals surface area contributed by atoms with Crippen LogP contribution in [0.3, 0.4) is 0 Å². The molecule has 1 unspecified atom stereocenters. The molecule has 72 valence electrons. The number of rotatable bonds is 3. The van der Waals surface area contributed by atoms with Crippen molar-refractivity contribution >= 4 is 17.4 Å². The van der Waals surface area contributed by atoms with Crippen LogP contribution in [0.2, 0.25) is 5.02 Å². The van der Waals surface area contributed by atoms with E-state index in [2.05, 4.69) is 10.3 Å². The Morgan fingerprint density at radius 2 is 2.23 bits per heavy atom. The molecule has 0 fully saturated rings. The highest BCUT2D eigenvalue weighted by Crippen LogP contribution is 2.19. The molecule has 0 aromatic carbocycles. The maximum atomic E-state index is 12.1. The van der Waals surface area contributed by atoms with Crippen molar-refractivity contribution < 1.29 is 8.78 Å². The molecule has 1 atom stereocenters. The average Bonchev–Trinajstić information content (AvgIpc) is 2.08. The highest BCUT2D eigenvalue weighted by atomic mass is 35.5. The average molecular weight is 207 g/mol. The van der Waals surface area contributed by atoms with Crippen molar-refractivity contribution in [1.82, 2.24) is 4.98 Å². The van der Waals surface area contributed by atoms with Crippen LogP contribution in [0.1, 0.15) is 6.92 Å². The molecule has 0 saturated heterocycles. The molecule has 0 aliphatic carbocycles. The summed E-state index contributed by atoms with van der Waals surface area (Å²) in [4.78, 5) is 3.82. The van der Waals surface area contributed by atoms with Crippen molar-refractivity contribution in [3.05, 3.63) is 23.4 Å². The molecule has 0 aliphatic rings. The standard InChI is InChI=1S/C8H9ClF2N2/c1-5(7(10)11)13-8-6(9)3-2-4-12-8/h2-5,7H,1H3,(H,12,13). The zero-order chi connectivity index (χ0) is 9.84. The predicted molar refractivity (Wildman–Crippen MR) is 48.3 cm³/mol. The molecule has 1 N–H and O–H groups in total. The van der Waals surface area contributed by atoms with Crippen LogP contribution in [0.15, 0.2) is 18.3 Å². The number of alkyl halides is 2. The maximum Gasteiger partial charge on any atom is 0.258 e. The SMILES string of the molecule is CC(Nc1ncccc1Cl)C(F)F. The van der Waals surface area contributed by atoms with Gasteiger partial charge in [0.05, 0.1) is 11.1 Å². The molecule has 1 heterocycles. The van der Waals surface area contributed by atoms with Gasteiger partial charge < -0.3 is 5.32 Å². The van der Waals surface area contributed by atoms with Gasteiger partial charge in [-0.3, -0.25) is 0 Å². The largest absolute Gasteiger partial charge is 0.361 e. The first-order valence-electron chi connectivity index (χ1n) is 3.76. The first kappa shape index (κ1) is 10.2. The number of nitrogens with zero attached hydrogens (tertiary/aromatic N) is 1. The normalized spacial score (nSPS) is 13.0. The van der Waals surface area contributed by atoms with E-state index in [4.69, 9.17) is 11.6 Å². The molecule has 1 aromatic rings. The second kappa shape index (κ2) is 4.37. The topological polar surface area (TPSA) is 24.9 Å². The van der Waals surface area contributed by atoms with E-state index in [-0.39, 0.29) is 5.82 Å². The maximum absolute atomic E-state index is 12.1. The number of pyridine rings is 1. The summed E-state index contributed by atoms with van der Waals surface area (Å²) in [5.41, 5.74) is 0. The number of hydrogen-bond donors (Lipinski definition) is 1. The lowest BCUT2D eigenvalue weighted by molar-refractivity contribution is 0.130. The molecule has 1 rings (SSSR count). The summed E-state index contributed by atoms with van der Waals surface area (Å²) in [5, 5.41) is 2.86. The first-order valence-corrected chi connectivity index (χ1v) is 4.14. The molecule has 0 saturated carbocycles. The van der Waals surface area contributed by atoms with Gasteiger partial charge >= 0.3 is 0 Å². The first-order chi connectivity index (χ1) is 6.11. The summed E-state index contributed by atoms with van der Waals surface area (Å²) in [5.74, 6) is 0.289. The van der Waals surface area contributed by atoms with Gasteiger partial charge in [-0.05, 0) is 19.1 Å². The summed E-state index contributed by atoms with van der Waals surface area (Å²) in [7, 11) is 0. The third kappa shape index (κ3) is 2.81.